The van der Waals surface area contributed by atoms with Crippen molar-refractivity contribution in [2.45, 2.75) is 33.5 Å². The van der Waals surface area contributed by atoms with Gasteiger partial charge in [-0.2, -0.15) is 13.9 Å². The van der Waals surface area contributed by atoms with Crippen LogP contribution in [0.4, 0.5) is 8.78 Å². The van der Waals surface area contributed by atoms with E-state index in [1.807, 2.05) is 13.8 Å². The molecule has 0 atom stereocenters. The SMILES string of the molecule is CCNC(=NCc1cc(C)ccc1OC(F)F)NCc1ncnn1C.I. The number of aromatic nitrogens is 3. The molecule has 7 nitrogen and oxygen atoms in total. The normalized spacial score (nSPS) is 11.2. The van der Waals surface area contributed by atoms with Gasteiger partial charge in [0.2, 0.25) is 0 Å². The first-order valence-electron chi connectivity index (χ1n) is 7.89. The van der Waals surface area contributed by atoms with Crippen LogP contribution in [0.3, 0.4) is 0 Å². The second kappa shape index (κ2) is 10.9. The summed E-state index contributed by atoms with van der Waals surface area (Å²) in [6, 6.07) is 5.04. The number of hydrogen-bond donors (Lipinski definition) is 2. The topological polar surface area (TPSA) is 76.4 Å². The monoisotopic (exact) mass is 480 g/mol. The Balaban J connectivity index is 0.00000338. The first-order valence-corrected chi connectivity index (χ1v) is 7.89. The van der Waals surface area contributed by atoms with Crippen LogP contribution in [0.2, 0.25) is 0 Å². The van der Waals surface area contributed by atoms with Crippen molar-refractivity contribution in [2.24, 2.45) is 12.0 Å². The highest BCUT2D eigenvalue weighted by atomic mass is 127. The van der Waals surface area contributed by atoms with Crippen LogP contribution in [0, 0.1) is 6.92 Å². The van der Waals surface area contributed by atoms with Gasteiger partial charge >= 0.3 is 6.61 Å². The summed E-state index contributed by atoms with van der Waals surface area (Å²) in [5.41, 5.74) is 1.54. The maximum atomic E-state index is 12.5. The maximum Gasteiger partial charge on any atom is 0.387 e. The predicted molar refractivity (Wildman–Crippen MR) is 106 cm³/mol. The molecule has 2 aromatic rings. The number of nitrogens with one attached hydrogen (secondary N) is 2. The molecule has 1 aromatic heterocycles. The molecule has 1 aromatic carbocycles. The number of halogens is 3. The predicted octanol–water partition coefficient (Wildman–Crippen LogP) is 2.60. The Morgan fingerprint density at radius 2 is 2.12 bits per heavy atom. The number of aliphatic imine (C=N–C) groups is 1. The highest BCUT2D eigenvalue weighted by molar-refractivity contribution is 14.0. The summed E-state index contributed by atoms with van der Waals surface area (Å²) in [7, 11) is 1.80. The fourth-order valence-electron chi connectivity index (χ4n) is 2.19. The lowest BCUT2D eigenvalue weighted by atomic mass is 10.1. The smallest absolute Gasteiger partial charge is 0.387 e. The molecule has 0 aliphatic heterocycles. The van der Waals surface area contributed by atoms with Gasteiger partial charge in [0.05, 0.1) is 13.1 Å². The van der Waals surface area contributed by atoms with Crippen LogP contribution in [0.1, 0.15) is 23.9 Å². The van der Waals surface area contributed by atoms with E-state index >= 15 is 0 Å². The van der Waals surface area contributed by atoms with Gasteiger partial charge in [0.1, 0.15) is 17.9 Å². The number of rotatable bonds is 7. The molecule has 0 amide bonds. The van der Waals surface area contributed by atoms with Crippen LogP contribution in [-0.2, 0) is 20.1 Å². The van der Waals surface area contributed by atoms with Crippen LogP contribution in [0.25, 0.3) is 0 Å². The molecule has 0 saturated heterocycles. The molecule has 0 aliphatic carbocycles. The van der Waals surface area contributed by atoms with E-state index in [-0.39, 0.29) is 36.3 Å². The van der Waals surface area contributed by atoms with Crippen molar-refractivity contribution in [3.8, 4) is 5.75 Å². The maximum absolute atomic E-state index is 12.5. The Morgan fingerprint density at radius 1 is 1.35 bits per heavy atom. The number of benzene rings is 1. The van der Waals surface area contributed by atoms with Crippen LogP contribution >= 0.6 is 24.0 Å². The molecule has 0 aliphatic rings. The third-order valence-corrected chi connectivity index (χ3v) is 3.40. The molecule has 0 radical (unpaired) electrons. The lowest BCUT2D eigenvalue weighted by Crippen LogP contribution is -2.37. The molecular weight excluding hydrogens is 457 g/mol. The number of alkyl halides is 2. The second-order valence-corrected chi connectivity index (χ2v) is 5.34. The van der Waals surface area contributed by atoms with Crippen molar-refractivity contribution in [1.82, 2.24) is 25.4 Å². The first-order chi connectivity index (χ1) is 12.0. The van der Waals surface area contributed by atoms with E-state index in [9.17, 15) is 8.78 Å². The zero-order chi connectivity index (χ0) is 18.2. The van der Waals surface area contributed by atoms with E-state index in [0.717, 1.165) is 11.4 Å². The molecule has 10 heteroatoms. The Bertz CT molecular complexity index is 723. The van der Waals surface area contributed by atoms with Crippen molar-refractivity contribution < 1.29 is 13.5 Å². The van der Waals surface area contributed by atoms with E-state index in [0.29, 0.717) is 24.6 Å². The molecule has 0 saturated carbocycles. The van der Waals surface area contributed by atoms with Crippen LogP contribution in [-0.4, -0.2) is 33.9 Å². The van der Waals surface area contributed by atoms with Crippen LogP contribution < -0.4 is 15.4 Å². The standard InChI is InChI=1S/C16H22F2N6O.HI/c1-4-19-16(21-9-14-22-10-23-24(14)3)20-8-12-7-11(2)5-6-13(12)25-15(17)18;/h5-7,10,15H,4,8-9H2,1-3H3,(H2,19,20,21);1H. The fourth-order valence-corrected chi connectivity index (χ4v) is 2.19. The van der Waals surface area contributed by atoms with E-state index in [1.165, 1.54) is 12.4 Å². The van der Waals surface area contributed by atoms with Crippen molar-refractivity contribution in [1.29, 1.82) is 0 Å². The van der Waals surface area contributed by atoms with E-state index in [4.69, 9.17) is 0 Å². The Labute approximate surface area is 168 Å². The summed E-state index contributed by atoms with van der Waals surface area (Å²) in [6.45, 7) is 2.27. The molecule has 0 spiro atoms. The van der Waals surface area contributed by atoms with Gasteiger partial charge in [0.15, 0.2) is 5.96 Å². The Morgan fingerprint density at radius 3 is 2.73 bits per heavy atom. The summed E-state index contributed by atoms with van der Waals surface area (Å²) in [6.07, 6.45) is 1.47. The molecule has 144 valence electrons. The largest absolute Gasteiger partial charge is 0.434 e. The zero-order valence-corrected chi connectivity index (χ0v) is 17.2. The van der Waals surface area contributed by atoms with E-state index < -0.39 is 6.61 Å². The zero-order valence-electron chi connectivity index (χ0n) is 14.9. The average molecular weight is 480 g/mol. The van der Waals surface area contributed by atoms with Gasteiger partial charge in [-0.3, -0.25) is 4.68 Å². The number of hydrogen-bond acceptors (Lipinski definition) is 4. The Kier molecular flexibility index (Phi) is 9.24. The summed E-state index contributed by atoms with van der Waals surface area (Å²) >= 11 is 0. The minimum absolute atomic E-state index is 0. The van der Waals surface area contributed by atoms with Gasteiger partial charge in [0, 0.05) is 19.2 Å². The molecule has 1 heterocycles. The molecule has 26 heavy (non-hydrogen) atoms. The minimum Gasteiger partial charge on any atom is -0.434 e. The lowest BCUT2D eigenvalue weighted by Gasteiger charge is -2.13. The fraction of sp³-hybridized carbons (Fsp3) is 0.438. The number of nitrogens with zero attached hydrogens (tertiary/aromatic N) is 4. The molecule has 2 rings (SSSR count). The molecule has 2 N–H and O–H groups in total. The van der Waals surface area contributed by atoms with Crippen LogP contribution in [0.15, 0.2) is 29.5 Å². The highest BCUT2D eigenvalue weighted by Gasteiger charge is 2.10. The van der Waals surface area contributed by atoms with E-state index in [1.54, 1.807) is 23.9 Å². The van der Waals surface area contributed by atoms with Gasteiger partial charge < -0.3 is 15.4 Å². The van der Waals surface area contributed by atoms with Crippen molar-refractivity contribution in [2.75, 3.05) is 6.54 Å². The van der Waals surface area contributed by atoms with Crippen molar-refractivity contribution in [3.63, 3.8) is 0 Å². The van der Waals surface area contributed by atoms with Gasteiger partial charge in [-0.25, -0.2) is 9.98 Å². The van der Waals surface area contributed by atoms with Gasteiger partial charge in [0.25, 0.3) is 0 Å². The number of aryl methyl sites for hydroxylation is 2. The lowest BCUT2D eigenvalue weighted by molar-refractivity contribution is -0.0504. The van der Waals surface area contributed by atoms with Crippen LogP contribution in [0.5, 0.6) is 5.75 Å². The molecule has 0 unspecified atom stereocenters. The third-order valence-electron chi connectivity index (χ3n) is 3.40. The third kappa shape index (κ3) is 6.73. The second-order valence-electron chi connectivity index (χ2n) is 5.34. The van der Waals surface area contributed by atoms with Crippen molar-refractivity contribution >= 4 is 29.9 Å². The summed E-state index contributed by atoms with van der Waals surface area (Å²) in [5.74, 6) is 1.44. The molecule has 0 bridgehead atoms. The highest BCUT2D eigenvalue weighted by Crippen LogP contribution is 2.22. The number of ether oxygens (including phenoxy) is 1. The van der Waals surface area contributed by atoms with Crippen molar-refractivity contribution in [3.05, 3.63) is 41.5 Å². The summed E-state index contributed by atoms with van der Waals surface area (Å²) in [5, 5.41) is 10.2. The minimum atomic E-state index is -2.87. The van der Waals surface area contributed by atoms with Gasteiger partial charge in [-0.1, -0.05) is 17.7 Å². The summed E-state index contributed by atoms with van der Waals surface area (Å²) < 4.78 is 31.3. The number of guanidine groups is 1. The molecular formula is C16H23F2IN6O. The quantitative estimate of drug-likeness (QED) is 0.362. The van der Waals surface area contributed by atoms with Gasteiger partial charge in [-0.05, 0) is 19.9 Å². The Hall–Kier alpha value is -1.98. The summed E-state index contributed by atoms with van der Waals surface area (Å²) in [4.78, 5) is 8.56. The molecule has 0 fully saturated rings. The average Bonchev–Trinajstić information content (AvgIpc) is 2.97. The van der Waals surface area contributed by atoms with Gasteiger partial charge in [-0.15, -0.1) is 24.0 Å². The first kappa shape index (κ1) is 22.1. The van der Waals surface area contributed by atoms with E-state index in [2.05, 4.69) is 30.4 Å².